The molecule has 1 atom stereocenters. The lowest BCUT2D eigenvalue weighted by atomic mass is 10.0. The second-order valence-electron chi connectivity index (χ2n) is 4.74. The summed E-state index contributed by atoms with van der Waals surface area (Å²) in [4.78, 5) is 2.79. The molecule has 1 aliphatic rings. The molecule has 0 spiro atoms. The van der Waals surface area contributed by atoms with E-state index in [0.717, 1.165) is 24.3 Å². The summed E-state index contributed by atoms with van der Waals surface area (Å²) < 4.78 is 0. The second kappa shape index (κ2) is 5.55. The van der Waals surface area contributed by atoms with Gasteiger partial charge in [0.25, 0.3) is 0 Å². The van der Waals surface area contributed by atoms with Crippen LogP contribution in [-0.4, -0.2) is 6.54 Å². The van der Waals surface area contributed by atoms with E-state index in [-0.39, 0.29) is 6.04 Å². The van der Waals surface area contributed by atoms with Crippen LogP contribution in [-0.2, 0) is 0 Å². The van der Waals surface area contributed by atoms with Crippen LogP contribution in [0.3, 0.4) is 0 Å². The first-order valence-electron chi connectivity index (χ1n) is 6.61. The predicted octanol–water partition coefficient (Wildman–Crippen LogP) is 4.60. The van der Waals surface area contributed by atoms with Crippen LogP contribution in [0.5, 0.6) is 0 Å². The van der Waals surface area contributed by atoms with E-state index in [0.29, 0.717) is 5.69 Å². The van der Waals surface area contributed by atoms with Gasteiger partial charge in [0.2, 0.25) is 0 Å². The van der Waals surface area contributed by atoms with E-state index >= 15 is 0 Å². The van der Waals surface area contributed by atoms with Gasteiger partial charge < -0.3 is 10.6 Å². The van der Waals surface area contributed by atoms with Gasteiger partial charge in [-0.3, -0.25) is 0 Å². The summed E-state index contributed by atoms with van der Waals surface area (Å²) in [6.45, 7) is 0.923. The summed E-state index contributed by atoms with van der Waals surface area (Å²) in [5, 5.41) is 10.6. The number of rotatable bonds is 2. The van der Waals surface area contributed by atoms with Crippen molar-refractivity contribution in [3.63, 3.8) is 0 Å². The van der Waals surface area contributed by atoms with Crippen LogP contribution < -0.4 is 10.6 Å². The lowest BCUT2D eigenvalue weighted by molar-refractivity contribution is 0.732. The lowest BCUT2D eigenvalue weighted by Gasteiger charge is -2.18. The molecule has 2 aromatic carbocycles. The molecule has 0 saturated heterocycles. The molecule has 5 heteroatoms. The molecule has 1 heterocycles. The standard InChI is InChI=1S/C15H15N5/c16-20-19-12-7-5-11(6-8-12)13-9-10-17-14-3-1-2-4-15(14)18-13/h1-8,13,17-18H,9-10H2. The predicted molar refractivity (Wildman–Crippen MR) is 81.2 cm³/mol. The third-order valence-electron chi connectivity index (χ3n) is 3.46. The molecular formula is C15H15N5. The van der Waals surface area contributed by atoms with Crippen LogP contribution in [0.2, 0.25) is 0 Å². The van der Waals surface area contributed by atoms with Gasteiger partial charge in [0.05, 0.1) is 17.4 Å². The first-order chi connectivity index (χ1) is 9.86. The highest BCUT2D eigenvalue weighted by atomic mass is 15.1. The van der Waals surface area contributed by atoms with E-state index in [4.69, 9.17) is 5.53 Å². The van der Waals surface area contributed by atoms with Gasteiger partial charge in [-0.1, -0.05) is 41.5 Å². The van der Waals surface area contributed by atoms with Gasteiger partial charge in [-0.15, -0.1) is 0 Å². The highest BCUT2D eigenvalue weighted by Crippen LogP contribution is 2.31. The summed E-state index contributed by atoms with van der Waals surface area (Å²) in [7, 11) is 0. The Hall–Kier alpha value is -2.65. The van der Waals surface area contributed by atoms with E-state index in [9.17, 15) is 0 Å². The summed E-state index contributed by atoms with van der Waals surface area (Å²) in [6, 6.07) is 16.2. The van der Waals surface area contributed by atoms with Gasteiger partial charge >= 0.3 is 0 Å². The number of benzene rings is 2. The maximum atomic E-state index is 8.42. The Morgan fingerprint density at radius 3 is 2.55 bits per heavy atom. The van der Waals surface area contributed by atoms with Crippen molar-refractivity contribution in [3.8, 4) is 0 Å². The minimum Gasteiger partial charge on any atom is -0.383 e. The minimum absolute atomic E-state index is 0.256. The Kier molecular flexibility index (Phi) is 3.44. The van der Waals surface area contributed by atoms with E-state index in [1.54, 1.807) is 0 Å². The maximum Gasteiger partial charge on any atom is 0.0580 e. The highest BCUT2D eigenvalue weighted by Gasteiger charge is 2.16. The first kappa shape index (κ1) is 12.4. The van der Waals surface area contributed by atoms with Crippen molar-refractivity contribution >= 4 is 17.1 Å². The smallest absolute Gasteiger partial charge is 0.0580 e. The number of fused-ring (bicyclic) bond motifs is 1. The molecule has 3 rings (SSSR count). The average Bonchev–Trinajstić information content (AvgIpc) is 2.70. The Morgan fingerprint density at radius 2 is 1.80 bits per heavy atom. The number of para-hydroxylation sites is 2. The van der Waals surface area contributed by atoms with Crippen molar-refractivity contribution in [1.82, 2.24) is 0 Å². The Bertz CT molecular complexity index is 644. The van der Waals surface area contributed by atoms with E-state index in [1.165, 1.54) is 5.56 Å². The number of azide groups is 1. The van der Waals surface area contributed by atoms with Crippen LogP contribution in [0.25, 0.3) is 10.4 Å². The van der Waals surface area contributed by atoms with Gasteiger partial charge in [0.15, 0.2) is 0 Å². The monoisotopic (exact) mass is 265 g/mol. The molecule has 0 saturated carbocycles. The number of hydrogen-bond acceptors (Lipinski definition) is 3. The summed E-state index contributed by atoms with van der Waals surface area (Å²) >= 11 is 0. The minimum atomic E-state index is 0.256. The van der Waals surface area contributed by atoms with Crippen molar-refractivity contribution in [2.24, 2.45) is 5.11 Å². The van der Waals surface area contributed by atoms with Crippen molar-refractivity contribution in [1.29, 1.82) is 0 Å². The molecule has 5 nitrogen and oxygen atoms in total. The molecule has 100 valence electrons. The maximum absolute atomic E-state index is 8.42. The zero-order chi connectivity index (χ0) is 13.8. The third kappa shape index (κ3) is 2.53. The zero-order valence-electron chi connectivity index (χ0n) is 11.0. The fourth-order valence-electron chi connectivity index (χ4n) is 2.45. The van der Waals surface area contributed by atoms with Gasteiger partial charge in [-0.2, -0.15) is 0 Å². The molecule has 1 aliphatic heterocycles. The van der Waals surface area contributed by atoms with Crippen molar-refractivity contribution in [2.45, 2.75) is 12.5 Å². The molecule has 2 aromatic rings. The second-order valence-corrected chi connectivity index (χ2v) is 4.74. The lowest BCUT2D eigenvalue weighted by Crippen LogP contribution is -2.10. The molecule has 0 amide bonds. The fourth-order valence-corrected chi connectivity index (χ4v) is 2.45. The largest absolute Gasteiger partial charge is 0.383 e. The molecule has 0 aliphatic carbocycles. The number of nitrogens with one attached hydrogen (secondary N) is 2. The Morgan fingerprint density at radius 1 is 1.05 bits per heavy atom. The van der Waals surface area contributed by atoms with Gasteiger partial charge in [0.1, 0.15) is 0 Å². The summed E-state index contributed by atoms with van der Waals surface area (Å²) in [5.41, 5.74) is 12.5. The van der Waals surface area contributed by atoms with Crippen molar-refractivity contribution in [2.75, 3.05) is 17.2 Å². The summed E-state index contributed by atoms with van der Waals surface area (Å²) in [6.07, 6.45) is 0.996. The fraction of sp³-hybridized carbons (Fsp3) is 0.200. The molecule has 0 radical (unpaired) electrons. The van der Waals surface area contributed by atoms with Crippen molar-refractivity contribution in [3.05, 3.63) is 64.5 Å². The molecule has 0 bridgehead atoms. The van der Waals surface area contributed by atoms with Crippen LogP contribution in [0.4, 0.5) is 17.1 Å². The molecule has 2 N–H and O–H groups in total. The average molecular weight is 265 g/mol. The van der Waals surface area contributed by atoms with Gasteiger partial charge in [-0.25, -0.2) is 0 Å². The number of anilines is 2. The van der Waals surface area contributed by atoms with Gasteiger partial charge in [0, 0.05) is 17.1 Å². The third-order valence-corrected chi connectivity index (χ3v) is 3.46. The van der Waals surface area contributed by atoms with Crippen LogP contribution in [0, 0.1) is 0 Å². The molecule has 0 aromatic heterocycles. The highest BCUT2D eigenvalue weighted by molar-refractivity contribution is 5.70. The van der Waals surface area contributed by atoms with Crippen LogP contribution >= 0.6 is 0 Å². The normalized spacial score (nSPS) is 16.9. The van der Waals surface area contributed by atoms with Crippen LogP contribution in [0.1, 0.15) is 18.0 Å². The molecule has 20 heavy (non-hydrogen) atoms. The first-order valence-corrected chi connectivity index (χ1v) is 6.61. The molecule has 0 fully saturated rings. The summed E-state index contributed by atoms with van der Waals surface area (Å²) in [5.74, 6) is 0. The van der Waals surface area contributed by atoms with E-state index in [1.807, 2.05) is 36.4 Å². The van der Waals surface area contributed by atoms with E-state index < -0.39 is 0 Å². The number of hydrogen-bond donors (Lipinski definition) is 2. The Labute approximate surface area is 117 Å². The molecular weight excluding hydrogens is 250 g/mol. The van der Waals surface area contributed by atoms with Gasteiger partial charge in [-0.05, 0) is 29.6 Å². The quantitative estimate of drug-likeness (QED) is 0.473. The van der Waals surface area contributed by atoms with Crippen molar-refractivity contribution < 1.29 is 0 Å². The zero-order valence-corrected chi connectivity index (χ0v) is 11.0. The van der Waals surface area contributed by atoms with E-state index in [2.05, 4.69) is 32.8 Å². The Balaban J connectivity index is 1.85. The topological polar surface area (TPSA) is 72.8 Å². The van der Waals surface area contributed by atoms with Crippen LogP contribution in [0.15, 0.2) is 53.6 Å². The molecule has 1 unspecified atom stereocenters. The SMILES string of the molecule is [N-]=[N+]=Nc1ccc(C2CCNc3ccccc3N2)cc1. The number of nitrogens with zero attached hydrogens (tertiary/aromatic N) is 3.